The van der Waals surface area contributed by atoms with Gasteiger partial charge >= 0.3 is 6.03 Å². The highest BCUT2D eigenvalue weighted by atomic mass is 16.5. The fraction of sp³-hybridized carbons (Fsp3) is 0.296. The first-order valence-corrected chi connectivity index (χ1v) is 11.1. The molecule has 0 fully saturated rings. The molecule has 4 rings (SSSR count). The van der Waals surface area contributed by atoms with Gasteiger partial charge in [0, 0.05) is 25.6 Å². The maximum absolute atomic E-state index is 12.4. The molecule has 2 amide bonds. The van der Waals surface area contributed by atoms with Crippen LogP contribution in [0.4, 0.5) is 4.79 Å². The van der Waals surface area contributed by atoms with Crippen molar-refractivity contribution < 1.29 is 9.53 Å². The minimum absolute atomic E-state index is 0.153. The standard InChI is InChI=1S/C27H31N3O2/c1-30(2)18-20-11-13-22(14-12-20)25-9-5-3-8-24(25)17-29-27(31)28-16-21-15-23-7-4-6-10-26(23)32-19-21/h3-14,21H,15-19H2,1-2H3,(H2,28,29,31). The molecular formula is C27H31N3O2. The highest BCUT2D eigenvalue weighted by Gasteiger charge is 2.20. The first-order valence-electron chi connectivity index (χ1n) is 11.1. The summed E-state index contributed by atoms with van der Waals surface area (Å²) in [4.78, 5) is 14.6. The molecule has 166 valence electrons. The first kappa shape index (κ1) is 21.9. The molecule has 1 aliphatic rings. The summed E-state index contributed by atoms with van der Waals surface area (Å²) in [5.74, 6) is 1.24. The molecule has 5 heteroatoms. The van der Waals surface area contributed by atoms with Gasteiger partial charge in [0.25, 0.3) is 0 Å². The summed E-state index contributed by atoms with van der Waals surface area (Å²) in [5, 5.41) is 6.01. The van der Waals surface area contributed by atoms with Crippen LogP contribution >= 0.6 is 0 Å². The van der Waals surface area contributed by atoms with Crippen molar-refractivity contribution in [1.29, 1.82) is 0 Å². The smallest absolute Gasteiger partial charge is 0.315 e. The van der Waals surface area contributed by atoms with E-state index in [1.807, 2.05) is 30.3 Å². The van der Waals surface area contributed by atoms with E-state index in [0.717, 1.165) is 35.4 Å². The van der Waals surface area contributed by atoms with Gasteiger partial charge in [-0.25, -0.2) is 4.79 Å². The van der Waals surface area contributed by atoms with E-state index in [1.165, 1.54) is 11.1 Å². The van der Waals surface area contributed by atoms with Crippen molar-refractivity contribution in [1.82, 2.24) is 15.5 Å². The summed E-state index contributed by atoms with van der Waals surface area (Å²) in [6, 6.07) is 24.8. The lowest BCUT2D eigenvalue weighted by Gasteiger charge is -2.25. The molecule has 3 aromatic carbocycles. The van der Waals surface area contributed by atoms with Gasteiger partial charge in [0.2, 0.25) is 0 Å². The normalized spacial score (nSPS) is 15.0. The first-order chi connectivity index (χ1) is 15.6. The van der Waals surface area contributed by atoms with Crippen molar-refractivity contribution in [2.45, 2.75) is 19.5 Å². The Morgan fingerprint density at radius 1 is 0.969 bits per heavy atom. The van der Waals surface area contributed by atoms with Crippen LogP contribution in [0.2, 0.25) is 0 Å². The number of hydrogen-bond donors (Lipinski definition) is 2. The largest absolute Gasteiger partial charge is 0.493 e. The van der Waals surface area contributed by atoms with Crippen LogP contribution in [-0.4, -0.2) is 38.2 Å². The second kappa shape index (κ2) is 10.3. The van der Waals surface area contributed by atoms with Crippen LogP contribution < -0.4 is 15.4 Å². The number of fused-ring (bicyclic) bond motifs is 1. The van der Waals surface area contributed by atoms with Crippen molar-refractivity contribution in [2.24, 2.45) is 5.92 Å². The number of benzene rings is 3. The summed E-state index contributed by atoms with van der Waals surface area (Å²) < 4.78 is 5.82. The minimum atomic E-state index is -0.153. The van der Waals surface area contributed by atoms with Crippen molar-refractivity contribution in [3.8, 4) is 16.9 Å². The van der Waals surface area contributed by atoms with Gasteiger partial charge in [0.15, 0.2) is 0 Å². The Kier molecular flexibility index (Phi) is 7.07. The highest BCUT2D eigenvalue weighted by Crippen LogP contribution is 2.26. The van der Waals surface area contributed by atoms with Crippen molar-refractivity contribution in [2.75, 3.05) is 27.2 Å². The number of amides is 2. The maximum atomic E-state index is 12.4. The Morgan fingerprint density at radius 2 is 1.72 bits per heavy atom. The molecular weight excluding hydrogens is 398 g/mol. The molecule has 5 nitrogen and oxygen atoms in total. The quantitative estimate of drug-likeness (QED) is 0.583. The molecule has 1 aliphatic heterocycles. The van der Waals surface area contributed by atoms with Gasteiger partial charge < -0.3 is 20.3 Å². The monoisotopic (exact) mass is 429 g/mol. The van der Waals surface area contributed by atoms with E-state index in [0.29, 0.717) is 19.7 Å². The lowest BCUT2D eigenvalue weighted by Crippen LogP contribution is -2.40. The van der Waals surface area contributed by atoms with Crippen LogP contribution in [0.25, 0.3) is 11.1 Å². The Labute approximate surface area is 190 Å². The molecule has 1 atom stereocenters. The second-order valence-electron chi connectivity index (χ2n) is 8.64. The third kappa shape index (κ3) is 5.68. The van der Waals surface area contributed by atoms with E-state index >= 15 is 0 Å². The molecule has 1 heterocycles. The number of urea groups is 1. The van der Waals surface area contributed by atoms with E-state index < -0.39 is 0 Å². The van der Waals surface area contributed by atoms with Gasteiger partial charge in [-0.05, 0) is 54.4 Å². The fourth-order valence-electron chi connectivity index (χ4n) is 4.11. The van der Waals surface area contributed by atoms with E-state index in [-0.39, 0.29) is 11.9 Å². The molecule has 0 bridgehead atoms. The number of ether oxygens (including phenoxy) is 1. The average molecular weight is 430 g/mol. The summed E-state index contributed by atoms with van der Waals surface area (Å²) >= 11 is 0. The van der Waals surface area contributed by atoms with Gasteiger partial charge in [-0.3, -0.25) is 0 Å². The lowest BCUT2D eigenvalue weighted by molar-refractivity contribution is 0.211. The van der Waals surface area contributed by atoms with Crippen LogP contribution in [0.1, 0.15) is 16.7 Å². The Morgan fingerprint density at radius 3 is 2.53 bits per heavy atom. The molecule has 2 N–H and O–H groups in total. The van der Waals surface area contributed by atoms with Crippen LogP contribution in [-0.2, 0) is 19.5 Å². The zero-order valence-corrected chi connectivity index (χ0v) is 18.8. The maximum Gasteiger partial charge on any atom is 0.315 e. The summed E-state index contributed by atoms with van der Waals surface area (Å²) in [6.07, 6.45) is 0.920. The molecule has 0 aliphatic carbocycles. The van der Waals surface area contributed by atoms with Crippen molar-refractivity contribution in [3.05, 3.63) is 89.5 Å². The Bertz CT molecular complexity index is 1050. The zero-order valence-electron chi connectivity index (χ0n) is 18.8. The summed E-state index contributed by atoms with van der Waals surface area (Å²) in [7, 11) is 4.14. The Hall–Kier alpha value is -3.31. The number of carbonyl (C=O) groups excluding carboxylic acids is 1. The number of rotatable bonds is 7. The van der Waals surface area contributed by atoms with E-state index in [2.05, 4.69) is 72.1 Å². The van der Waals surface area contributed by atoms with E-state index in [9.17, 15) is 4.79 Å². The fourth-order valence-corrected chi connectivity index (χ4v) is 4.11. The van der Waals surface area contributed by atoms with Crippen LogP contribution in [0.5, 0.6) is 5.75 Å². The van der Waals surface area contributed by atoms with E-state index in [4.69, 9.17) is 4.74 Å². The van der Waals surface area contributed by atoms with E-state index in [1.54, 1.807) is 0 Å². The summed E-state index contributed by atoms with van der Waals surface area (Å²) in [5.41, 5.74) is 5.88. The molecule has 0 radical (unpaired) electrons. The molecule has 0 aromatic heterocycles. The second-order valence-corrected chi connectivity index (χ2v) is 8.64. The summed E-state index contributed by atoms with van der Waals surface area (Å²) in [6.45, 7) is 2.62. The van der Waals surface area contributed by atoms with Crippen molar-refractivity contribution in [3.63, 3.8) is 0 Å². The SMILES string of the molecule is CN(C)Cc1ccc(-c2ccccc2CNC(=O)NCC2COc3ccccc3C2)cc1. The molecule has 32 heavy (non-hydrogen) atoms. The Balaban J connectivity index is 1.31. The molecule has 0 saturated heterocycles. The number of para-hydroxylation sites is 1. The van der Waals surface area contributed by atoms with Gasteiger partial charge in [-0.1, -0.05) is 66.7 Å². The molecule has 0 saturated carbocycles. The molecule has 0 spiro atoms. The number of carbonyl (C=O) groups is 1. The third-order valence-corrected chi connectivity index (χ3v) is 5.73. The van der Waals surface area contributed by atoms with Crippen LogP contribution in [0.15, 0.2) is 72.8 Å². The lowest BCUT2D eigenvalue weighted by atomic mass is 9.97. The van der Waals surface area contributed by atoms with Gasteiger partial charge in [0.1, 0.15) is 5.75 Å². The van der Waals surface area contributed by atoms with Crippen LogP contribution in [0.3, 0.4) is 0 Å². The topological polar surface area (TPSA) is 53.6 Å². The van der Waals surface area contributed by atoms with Crippen molar-refractivity contribution >= 4 is 6.03 Å². The number of nitrogens with one attached hydrogen (secondary N) is 2. The predicted octanol–water partition coefficient (Wildman–Crippen LogP) is 4.47. The predicted molar refractivity (Wildman–Crippen MR) is 129 cm³/mol. The zero-order chi connectivity index (χ0) is 22.3. The number of hydrogen-bond acceptors (Lipinski definition) is 3. The van der Waals surface area contributed by atoms with Gasteiger partial charge in [-0.15, -0.1) is 0 Å². The van der Waals surface area contributed by atoms with Crippen LogP contribution in [0, 0.1) is 5.92 Å². The molecule has 3 aromatic rings. The minimum Gasteiger partial charge on any atom is -0.493 e. The molecule has 1 unspecified atom stereocenters. The highest BCUT2D eigenvalue weighted by molar-refractivity contribution is 5.75. The third-order valence-electron chi connectivity index (χ3n) is 5.73. The van der Waals surface area contributed by atoms with Gasteiger partial charge in [0.05, 0.1) is 6.61 Å². The van der Waals surface area contributed by atoms with Gasteiger partial charge in [-0.2, -0.15) is 0 Å². The number of nitrogens with zero attached hydrogens (tertiary/aromatic N) is 1. The average Bonchev–Trinajstić information content (AvgIpc) is 2.81.